The summed E-state index contributed by atoms with van der Waals surface area (Å²) in [5.41, 5.74) is 0. The van der Waals surface area contributed by atoms with Crippen LogP contribution in [0.25, 0.3) is 10.8 Å². The average Bonchev–Trinajstić information content (AvgIpc) is 2.29. The van der Waals surface area contributed by atoms with Crippen molar-refractivity contribution in [1.29, 1.82) is 0 Å². The second kappa shape index (κ2) is 5.12. The van der Waals surface area contributed by atoms with E-state index in [1.807, 2.05) is 36.4 Å². The number of rotatable bonds is 2. The summed E-state index contributed by atoms with van der Waals surface area (Å²) in [6.07, 6.45) is 1.15. The topological polar surface area (TPSA) is 26.3 Å². The van der Waals surface area contributed by atoms with Gasteiger partial charge in [-0.3, -0.25) is 0 Å². The molecule has 2 rings (SSSR count). The highest BCUT2D eigenvalue weighted by Gasteiger charge is 2.03. The first-order valence-corrected chi connectivity index (χ1v) is 4.63. The number of carbonyl (C=O) groups excluding carboxylic acids is 1. The third kappa shape index (κ3) is 2.28. The van der Waals surface area contributed by atoms with Gasteiger partial charge in [0.2, 0.25) is 0 Å². The standard InChI is InChI=1S/C13H10O2.CH4/c1-2-13(14)15-12-9-5-7-10-6-3-4-8-11(10)12;/h2-9H,1H2;1H4. The molecule has 0 amide bonds. The molecule has 0 unspecified atom stereocenters. The second-order valence-electron chi connectivity index (χ2n) is 3.10. The number of hydrogen-bond acceptors (Lipinski definition) is 2. The van der Waals surface area contributed by atoms with E-state index < -0.39 is 5.97 Å². The molecule has 16 heavy (non-hydrogen) atoms. The van der Waals surface area contributed by atoms with Crippen LogP contribution in [0.4, 0.5) is 0 Å². The van der Waals surface area contributed by atoms with Gasteiger partial charge in [0.25, 0.3) is 0 Å². The van der Waals surface area contributed by atoms with Gasteiger partial charge in [0, 0.05) is 11.5 Å². The van der Waals surface area contributed by atoms with Gasteiger partial charge in [0.05, 0.1) is 0 Å². The molecule has 0 fully saturated rings. The summed E-state index contributed by atoms with van der Waals surface area (Å²) in [7, 11) is 0. The molecule has 0 aliphatic heterocycles. The van der Waals surface area contributed by atoms with Gasteiger partial charge in [-0.25, -0.2) is 4.79 Å². The Morgan fingerprint density at radius 1 is 1.12 bits per heavy atom. The molecule has 0 saturated carbocycles. The summed E-state index contributed by atoms with van der Waals surface area (Å²) in [5, 5.41) is 1.97. The van der Waals surface area contributed by atoms with E-state index in [1.165, 1.54) is 0 Å². The number of hydrogen-bond donors (Lipinski definition) is 0. The first-order chi connectivity index (χ1) is 7.31. The van der Waals surface area contributed by atoms with Gasteiger partial charge in [0.15, 0.2) is 0 Å². The quantitative estimate of drug-likeness (QED) is 0.434. The molecule has 0 spiro atoms. The molecule has 0 bridgehead atoms. The first-order valence-electron chi connectivity index (χ1n) is 4.63. The molecule has 0 aliphatic rings. The molecule has 0 radical (unpaired) electrons. The zero-order valence-electron chi connectivity index (χ0n) is 8.14. The van der Waals surface area contributed by atoms with E-state index in [2.05, 4.69) is 6.58 Å². The third-order valence-corrected chi connectivity index (χ3v) is 2.13. The second-order valence-corrected chi connectivity index (χ2v) is 3.10. The fourth-order valence-electron chi connectivity index (χ4n) is 1.43. The number of carbonyl (C=O) groups is 1. The molecule has 0 heterocycles. The maximum Gasteiger partial charge on any atom is 0.335 e. The van der Waals surface area contributed by atoms with Crippen LogP contribution in [0.15, 0.2) is 55.1 Å². The highest BCUT2D eigenvalue weighted by molar-refractivity contribution is 5.92. The number of esters is 1. The summed E-state index contributed by atoms with van der Waals surface area (Å²) < 4.78 is 5.12. The van der Waals surface area contributed by atoms with Crippen molar-refractivity contribution in [1.82, 2.24) is 0 Å². The van der Waals surface area contributed by atoms with E-state index in [0.717, 1.165) is 16.8 Å². The Hall–Kier alpha value is -2.09. The zero-order chi connectivity index (χ0) is 10.7. The van der Waals surface area contributed by atoms with Gasteiger partial charge in [0.1, 0.15) is 5.75 Å². The Morgan fingerprint density at radius 3 is 2.56 bits per heavy atom. The van der Waals surface area contributed by atoms with Crippen LogP contribution in [0.3, 0.4) is 0 Å². The Kier molecular flexibility index (Phi) is 3.84. The maximum absolute atomic E-state index is 11.1. The van der Waals surface area contributed by atoms with Crippen LogP contribution < -0.4 is 4.74 Å². The van der Waals surface area contributed by atoms with Crippen molar-refractivity contribution >= 4 is 16.7 Å². The molecule has 0 N–H and O–H groups in total. The summed E-state index contributed by atoms with van der Waals surface area (Å²) in [6, 6.07) is 13.3. The molecular formula is C14H14O2. The molecule has 2 aromatic rings. The van der Waals surface area contributed by atoms with Crippen molar-refractivity contribution in [3.05, 3.63) is 55.1 Å². The van der Waals surface area contributed by atoms with Crippen molar-refractivity contribution < 1.29 is 9.53 Å². The van der Waals surface area contributed by atoms with E-state index in [0.29, 0.717) is 5.75 Å². The lowest BCUT2D eigenvalue weighted by molar-refractivity contribution is -0.128. The Morgan fingerprint density at radius 2 is 1.81 bits per heavy atom. The average molecular weight is 214 g/mol. The maximum atomic E-state index is 11.1. The Bertz CT molecular complexity index is 510. The van der Waals surface area contributed by atoms with Crippen LogP contribution in [0.2, 0.25) is 0 Å². The minimum atomic E-state index is -0.439. The highest BCUT2D eigenvalue weighted by Crippen LogP contribution is 2.25. The SMILES string of the molecule is C.C=CC(=O)Oc1cccc2ccccc12. The highest BCUT2D eigenvalue weighted by atomic mass is 16.5. The molecule has 2 heteroatoms. The molecule has 0 aliphatic carbocycles. The van der Waals surface area contributed by atoms with Gasteiger partial charge in [-0.15, -0.1) is 0 Å². The van der Waals surface area contributed by atoms with Gasteiger partial charge < -0.3 is 4.74 Å². The van der Waals surface area contributed by atoms with Crippen molar-refractivity contribution in [2.45, 2.75) is 7.43 Å². The first kappa shape index (κ1) is 12.0. The lowest BCUT2D eigenvalue weighted by Gasteiger charge is -2.05. The number of ether oxygens (including phenoxy) is 1. The molecule has 2 nitrogen and oxygen atoms in total. The van der Waals surface area contributed by atoms with E-state index in [9.17, 15) is 4.79 Å². The van der Waals surface area contributed by atoms with E-state index >= 15 is 0 Å². The molecule has 0 aromatic heterocycles. The van der Waals surface area contributed by atoms with Crippen molar-refractivity contribution in [3.8, 4) is 5.75 Å². The van der Waals surface area contributed by atoms with E-state index in [1.54, 1.807) is 6.07 Å². The number of benzene rings is 2. The predicted molar refractivity (Wildman–Crippen MR) is 66.5 cm³/mol. The minimum Gasteiger partial charge on any atom is -0.423 e. The fraction of sp³-hybridized carbons (Fsp3) is 0.0714. The smallest absolute Gasteiger partial charge is 0.335 e. The fourth-order valence-corrected chi connectivity index (χ4v) is 1.43. The van der Waals surface area contributed by atoms with Gasteiger partial charge in [-0.05, 0) is 11.5 Å². The van der Waals surface area contributed by atoms with Gasteiger partial charge in [-0.1, -0.05) is 50.4 Å². The van der Waals surface area contributed by atoms with Crippen LogP contribution in [0, 0.1) is 0 Å². The van der Waals surface area contributed by atoms with Crippen LogP contribution in [0.5, 0.6) is 5.75 Å². The van der Waals surface area contributed by atoms with Crippen LogP contribution in [-0.4, -0.2) is 5.97 Å². The molecule has 0 atom stereocenters. The van der Waals surface area contributed by atoms with Crippen molar-refractivity contribution in [2.75, 3.05) is 0 Å². The molecule has 2 aromatic carbocycles. The minimum absolute atomic E-state index is 0. The number of fused-ring (bicyclic) bond motifs is 1. The Balaban J connectivity index is 0.00000128. The van der Waals surface area contributed by atoms with Crippen LogP contribution in [-0.2, 0) is 4.79 Å². The van der Waals surface area contributed by atoms with Crippen molar-refractivity contribution in [3.63, 3.8) is 0 Å². The van der Waals surface area contributed by atoms with E-state index in [4.69, 9.17) is 4.74 Å². The Labute approximate surface area is 95.2 Å². The predicted octanol–water partition coefficient (Wildman–Crippen LogP) is 3.57. The zero-order valence-corrected chi connectivity index (χ0v) is 8.14. The van der Waals surface area contributed by atoms with Crippen LogP contribution in [0.1, 0.15) is 7.43 Å². The summed E-state index contributed by atoms with van der Waals surface area (Å²) in [5.74, 6) is 0.129. The summed E-state index contributed by atoms with van der Waals surface area (Å²) in [6.45, 7) is 3.36. The van der Waals surface area contributed by atoms with Gasteiger partial charge in [-0.2, -0.15) is 0 Å². The summed E-state index contributed by atoms with van der Waals surface area (Å²) in [4.78, 5) is 11.1. The molecule has 82 valence electrons. The van der Waals surface area contributed by atoms with Crippen LogP contribution >= 0.6 is 0 Å². The summed E-state index contributed by atoms with van der Waals surface area (Å²) >= 11 is 0. The molecule has 0 saturated heterocycles. The van der Waals surface area contributed by atoms with E-state index in [-0.39, 0.29) is 7.43 Å². The van der Waals surface area contributed by atoms with Gasteiger partial charge >= 0.3 is 5.97 Å². The van der Waals surface area contributed by atoms with Crippen molar-refractivity contribution in [2.24, 2.45) is 0 Å². The lowest BCUT2D eigenvalue weighted by atomic mass is 10.1. The normalized spacial score (nSPS) is 9.25. The monoisotopic (exact) mass is 214 g/mol. The largest absolute Gasteiger partial charge is 0.423 e. The lowest BCUT2D eigenvalue weighted by Crippen LogP contribution is -2.03. The third-order valence-electron chi connectivity index (χ3n) is 2.13. The molecular weight excluding hydrogens is 200 g/mol.